The van der Waals surface area contributed by atoms with E-state index in [2.05, 4.69) is 24.5 Å². The van der Waals surface area contributed by atoms with Gasteiger partial charge in [-0.1, -0.05) is 27.7 Å². The molecule has 0 aliphatic carbocycles. The van der Waals surface area contributed by atoms with Crippen LogP contribution in [0.2, 0.25) is 0 Å². The Hall–Kier alpha value is -2.57. The zero-order chi connectivity index (χ0) is 23.8. The van der Waals surface area contributed by atoms with E-state index in [1.165, 1.54) is 0 Å². The van der Waals surface area contributed by atoms with E-state index in [1.807, 2.05) is 25.7 Å². The number of carbonyl (C=O) groups is 3. The molecule has 1 aliphatic heterocycles. The molecule has 0 aromatic heterocycles. The summed E-state index contributed by atoms with van der Waals surface area (Å²) in [5.74, 6) is 0.950. The minimum absolute atomic E-state index is 0.00408. The molecule has 32 heavy (non-hydrogen) atoms. The van der Waals surface area contributed by atoms with Crippen molar-refractivity contribution in [2.45, 2.75) is 66.0 Å². The molecular formula is C25H39N3O4. The fraction of sp³-hybridized carbons (Fsp3) is 0.640. The van der Waals surface area contributed by atoms with E-state index in [9.17, 15) is 14.4 Å². The third kappa shape index (κ3) is 7.24. The van der Waals surface area contributed by atoms with Gasteiger partial charge in [0.1, 0.15) is 11.8 Å². The lowest BCUT2D eigenvalue weighted by Crippen LogP contribution is -2.55. The molecule has 1 aromatic rings. The summed E-state index contributed by atoms with van der Waals surface area (Å²) in [6.07, 6.45) is 1.90. The van der Waals surface area contributed by atoms with E-state index in [1.54, 1.807) is 31.4 Å². The fourth-order valence-electron chi connectivity index (χ4n) is 3.81. The van der Waals surface area contributed by atoms with Crippen molar-refractivity contribution in [2.75, 3.05) is 20.2 Å². The molecule has 2 rings (SSSR count). The van der Waals surface area contributed by atoms with Crippen LogP contribution in [0.25, 0.3) is 0 Å². The van der Waals surface area contributed by atoms with Gasteiger partial charge in [-0.15, -0.1) is 0 Å². The largest absolute Gasteiger partial charge is 0.497 e. The Balaban J connectivity index is 2.11. The fourth-order valence-corrected chi connectivity index (χ4v) is 3.81. The predicted molar refractivity (Wildman–Crippen MR) is 125 cm³/mol. The Labute approximate surface area is 192 Å². The highest BCUT2D eigenvalue weighted by Crippen LogP contribution is 2.23. The molecule has 3 amide bonds. The second-order valence-electron chi connectivity index (χ2n) is 9.54. The highest BCUT2D eigenvalue weighted by atomic mass is 16.5. The summed E-state index contributed by atoms with van der Waals surface area (Å²) in [5.41, 5.74) is 0.477. The van der Waals surface area contributed by atoms with Gasteiger partial charge in [-0.05, 0) is 61.8 Å². The number of nitrogens with one attached hydrogen (secondary N) is 2. The Morgan fingerprint density at radius 3 is 2.09 bits per heavy atom. The van der Waals surface area contributed by atoms with Crippen LogP contribution in [0, 0.1) is 17.8 Å². The Kier molecular flexibility index (Phi) is 9.54. The van der Waals surface area contributed by atoms with Crippen LogP contribution >= 0.6 is 0 Å². The first-order valence-corrected chi connectivity index (χ1v) is 11.6. The summed E-state index contributed by atoms with van der Waals surface area (Å²) in [6.45, 7) is 11.4. The van der Waals surface area contributed by atoms with Crippen molar-refractivity contribution >= 4 is 17.7 Å². The van der Waals surface area contributed by atoms with Gasteiger partial charge in [-0.3, -0.25) is 14.4 Å². The van der Waals surface area contributed by atoms with Crippen LogP contribution < -0.4 is 15.4 Å². The number of benzene rings is 1. The molecule has 0 radical (unpaired) electrons. The van der Waals surface area contributed by atoms with E-state index in [0.717, 1.165) is 0 Å². The lowest BCUT2D eigenvalue weighted by Gasteiger charge is -2.36. The number of piperidine rings is 1. The molecule has 1 aliphatic rings. The minimum atomic E-state index is -0.645. The lowest BCUT2D eigenvalue weighted by molar-refractivity contribution is -0.133. The summed E-state index contributed by atoms with van der Waals surface area (Å²) in [5, 5.41) is 6.02. The molecule has 7 nitrogen and oxygen atoms in total. The Morgan fingerprint density at radius 1 is 1.00 bits per heavy atom. The molecule has 1 saturated heterocycles. The van der Waals surface area contributed by atoms with Crippen molar-refractivity contribution in [3.8, 4) is 5.75 Å². The van der Waals surface area contributed by atoms with Gasteiger partial charge in [0.15, 0.2) is 0 Å². The maximum absolute atomic E-state index is 13.2. The summed E-state index contributed by atoms with van der Waals surface area (Å²) < 4.78 is 5.15. The van der Waals surface area contributed by atoms with Crippen LogP contribution in [0.15, 0.2) is 24.3 Å². The van der Waals surface area contributed by atoms with Crippen LogP contribution in [0.4, 0.5) is 0 Å². The molecular weight excluding hydrogens is 406 g/mol. The van der Waals surface area contributed by atoms with Gasteiger partial charge in [0.05, 0.1) is 7.11 Å². The van der Waals surface area contributed by atoms with Gasteiger partial charge in [0.2, 0.25) is 11.8 Å². The van der Waals surface area contributed by atoms with Crippen LogP contribution in [-0.4, -0.2) is 54.9 Å². The summed E-state index contributed by atoms with van der Waals surface area (Å²) in [7, 11) is 1.57. The van der Waals surface area contributed by atoms with Crippen molar-refractivity contribution in [1.82, 2.24) is 15.5 Å². The second kappa shape index (κ2) is 11.9. The zero-order valence-corrected chi connectivity index (χ0v) is 20.3. The Morgan fingerprint density at radius 2 is 1.59 bits per heavy atom. The molecule has 0 spiro atoms. The monoisotopic (exact) mass is 445 g/mol. The van der Waals surface area contributed by atoms with Gasteiger partial charge < -0.3 is 20.3 Å². The highest BCUT2D eigenvalue weighted by molar-refractivity contribution is 5.97. The van der Waals surface area contributed by atoms with E-state index >= 15 is 0 Å². The average molecular weight is 446 g/mol. The minimum Gasteiger partial charge on any atom is -0.497 e. The number of rotatable bonds is 9. The van der Waals surface area contributed by atoms with Gasteiger partial charge in [-0.25, -0.2) is 0 Å². The third-order valence-corrected chi connectivity index (χ3v) is 6.24. The topological polar surface area (TPSA) is 87.7 Å². The van der Waals surface area contributed by atoms with Crippen molar-refractivity contribution in [3.05, 3.63) is 29.8 Å². The molecule has 178 valence electrons. The van der Waals surface area contributed by atoms with Crippen molar-refractivity contribution in [3.63, 3.8) is 0 Å². The average Bonchev–Trinajstić information content (AvgIpc) is 2.76. The van der Waals surface area contributed by atoms with Gasteiger partial charge >= 0.3 is 0 Å². The molecule has 1 aromatic carbocycles. The number of hydrogen-bond donors (Lipinski definition) is 2. The quantitative estimate of drug-likeness (QED) is 0.611. The third-order valence-electron chi connectivity index (χ3n) is 6.24. The van der Waals surface area contributed by atoms with Crippen LogP contribution in [0.1, 0.15) is 64.2 Å². The first-order valence-electron chi connectivity index (χ1n) is 11.6. The molecule has 7 heteroatoms. The zero-order valence-electron chi connectivity index (χ0n) is 20.3. The highest BCUT2D eigenvalue weighted by Gasteiger charge is 2.34. The predicted octanol–water partition coefficient (Wildman–Crippen LogP) is 3.24. The number of ether oxygens (including phenoxy) is 1. The van der Waals surface area contributed by atoms with E-state index in [4.69, 9.17) is 4.74 Å². The standard InChI is InChI=1S/C25H39N3O4/c1-16(2)15-22(29)28-13-11-19(12-14-28)23(25(31)26-18(5)17(3)4)27-24(30)20-7-9-21(32-6)10-8-20/h7-10,16-19,23H,11-15H2,1-6H3,(H,26,31)(H,27,30)/t18-,23-/m0/s1. The Bertz CT molecular complexity index is 768. The molecule has 2 N–H and O–H groups in total. The molecule has 0 saturated carbocycles. The normalized spacial score (nSPS) is 16.6. The van der Waals surface area contributed by atoms with Gasteiger partial charge in [-0.2, -0.15) is 0 Å². The van der Waals surface area contributed by atoms with E-state index in [0.29, 0.717) is 49.6 Å². The second-order valence-corrected chi connectivity index (χ2v) is 9.54. The molecule has 0 bridgehead atoms. The van der Waals surface area contributed by atoms with Gasteiger partial charge in [0, 0.05) is 31.1 Å². The number of methoxy groups -OCH3 is 1. The molecule has 0 unspecified atom stereocenters. The van der Waals surface area contributed by atoms with Crippen LogP contribution in [-0.2, 0) is 9.59 Å². The molecule has 1 fully saturated rings. The molecule has 1 heterocycles. The number of nitrogens with zero attached hydrogens (tertiary/aromatic N) is 1. The van der Waals surface area contributed by atoms with E-state index < -0.39 is 6.04 Å². The van der Waals surface area contributed by atoms with Crippen molar-refractivity contribution < 1.29 is 19.1 Å². The summed E-state index contributed by atoms with van der Waals surface area (Å²) >= 11 is 0. The van der Waals surface area contributed by atoms with Crippen LogP contribution in [0.3, 0.4) is 0 Å². The first kappa shape index (κ1) is 25.7. The SMILES string of the molecule is COc1ccc(C(=O)N[C@H](C(=O)N[C@@H](C)C(C)C)C2CCN(C(=O)CC(C)C)CC2)cc1. The van der Waals surface area contributed by atoms with Crippen molar-refractivity contribution in [2.24, 2.45) is 17.8 Å². The maximum atomic E-state index is 13.2. The van der Waals surface area contributed by atoms with Gasteiger partial charge in [0.25, 0.3) is 5.91 Å². The summed E-state index contributed by atoms with van der Waals surface area (Å²) in [4.78, 5) is 40.4. The van der Waals surface area contributed by atoms with Crippen molar-refractivity contribution in [1.29, 1.82) is 0 Å². The molecule has 2 atom stereocenters. The summed E-state index contributed by atoms with van der Waals surface area (Å²) in [6, 6.07) is 6.18. The van der Waals surface area contributed by atoms with E-state index in [-0.39, 0.29) is 35.6 Å². The maximum Gasteiger partial charge on any atom is 0.251 e. The number of hydrogen-bond acceptors (Lipinski definition) is 4. The first-order chi connectivity index (χ1) is 15.1. The smallest absolute Gasteiger partial charge is 0.251 e. The number of likely N-dealkylation sites (tertiary alicyclic amines) is 1. The number of carbonyl (C=O) groups excluding carboxylic acids is 3. The van der Waals surface area contributed by atoms with Crippen LogP contribution in [0.5, 0.6) is 5.75 Å². The lowest BCUT2D eigenvalue weighted by atomic mass is 9.87. The number of amides is 3.